The third-order valence-corrected chi connectivity index (χ3v) is 3.53. The van der Waals surface area contributed by atoms with Gasteiger partial charge in [0, 0.05) is 6.54 Å². The summed E-state index contributed by atoms with van der Waals surface area (Å²) in [5.41, 5.74) is -0.636. The number of nitrogens with zero attached hydrogens (tertiary/aromatic N) is 1. The van der Waals surface area contributed by atoms with Gasteiger partial charge in [-0.25, -0.2) is 9.37 Å². The van der Waals surface area contributed by atoms with Crippen LogP contribution >= 0.6 is 0 Å². The van der Waals surface area contributed by atoms with E-state index in [1.165, 1.54) is 12.3 Å². The van der Waals surface area contributed by atoms with E-state index in [4.69, 9.17) is 0 Å². The molecule has 0 unspecified atom stereocenters. The minimum absolute atomic E-state index is 0.347. The van der Waals surface area contributed by atoms with Crippen molar-refractivity contribution in [2.75, 3.05) is 11.9 Å². The molecule has 3 nitrogen and oxygen atoms in total. The lowest BCUT2D eigenvalue weighted by atomic mass is 9.79. The van der Waals surface area contributed by atoms with E-state index < -0.39 is 5.60 Å². The van der Waals surface area contributed by atoms with Crippen molar-refractivity contribution in [2.24, 2.45) is 5.92 Å². The van der Waals surface area contributed by atoms with Crippen molar-refractivity contribution in [3.05, 3.63) is 24.1 Å². The zero-order valence-corrected chi connectivity index (χ0v) is 10.1. The van der Waals surface area contributed by atoms with Gasteiger partial charge in [0.15, 0.2) is 0 Å². The van der Waals surface area contributed by atoms with E-state index in [0.717, 1.165) is 25.7 Å². The highest BCUT2D eigenvalue weighted by atomic mass is 19.1. The molecule has 1 heterocycles. The molecule has 1 aromatic heterocycles. The predicted octanol–water partition coefficient (Wildman–Crippen LogP) is 2.57. The van der Waals surface area contributed by atoms with Crippen LogP contribution in [0.2, 0.25) is 0 Å². The lowest BCUT2D eigenvalue weighted by molar-refractivity contribution is 0.00495. The Bertz CT molecular complexity index is 358. The number of rotatable bonds is 3. The average molecular weight is 238 g/mol. The van der Waals surface area contributed by atoms with Crippen LogP contribution in [0.25, 0.3) is 0 Å². The number of hydrogen-bond acceptors (Lipinski definition) is 3. The number of hydrogen-bond donors (Lipinski definition) is 2. The molecule has 0 bridgehead atoms. The van der Waals surface area contributed by atoms with E-state index in [1.54, 1.807) is 6.07 Å². The number of nitrogens with one attached hydrogen (secondary N) is 1. The topological polar surface area (TPSA) is 45.1 Å². The molecule has 0 atom stereocenters. The maximum atomic E-state index is 12.7. The number of anilines is 1. The maximum absolute atomic E-state index is 12.7. The van der Waals surface area contributed by atoms with Crippen LogP contribution in [0.15, 0.2) is 18.3 Å². The third kappa shape index (κ3) is 3.40. The Labute approximate surface area is 101 Å². The summed E-state index contributed by atoms with van der Waals surface area (Å²) in [5.74, 6) is 0.971. The fourth-order valence-corrected chi connectivity index (χ4v) is 2.21. The molecule has 0 aliphatic heterocycles. The van der Waals surface area contributed by atoms with Gasteiger partial charge >= 0.3 is 0 Å². The van der Waals surface area contributed by atoms with Crippen LogP contribution in [0.3, 0.4) is 0 Å². The molecule has 0 spiro atoms. The van der Waals surface area contributed by atoms with Crippen molar-refractivity contribution in [1.82, 2.24) is 4.98 Å². The van der Waals surface area contributed by atoms with Crippen LogP contribution in [-0.4, -0.2) is 22.2 Å². The number of pyridine rings is 1. The van der Waals surface area contributed by atoms with Gasteiger partial charge in [0.25, 0.3) is 0 Å². The van der Waals surface area contributed by atoms with Gasteiger partial charge in [-0.1, -0.05) is 6.92 Å². The second-order valence-electron chi connectivity index (χ2n) is 5.12. The van der Waals surface area contributed by atoms with E-state index in [0.29, 0.717) is 18.3 Å². The first-order valence-corrected chi connectivity index (χ1v) is 6.15. The van der Waals surface area contributed by atoms with Crippen molar-refractivity contribution in [3.8, 4) is 0 Å². The molecular weight excluding hydrogens is 219 g/mol. The van der Waals surface area contributed by atoms with Crippen molar-refractivity contribution in [2.45, 2.75) is 38.2 Å². The fourth-order valence-electron chi connectivity index (χ4n) is 2.21. The van der Waals surface area contributed by atoms with E-state index in [-0.39, 0.29) is 5.82 Å². The molecule has 94 valence electrons. The summed E-state index contributed by atoms with van der Waals surface area (Å²) in [6, 6.07) is 2.95. The Kier molecular flexibility index (Phi) is 3.62. The highest BCUT2D eigenvalue weighted by Gasteiger charge is 2.31. The van der Waals surface area contributed by atoms with Gasteiger partial charge < -0.3 is 10.4 Å². The minimum Gasteiger partial charge on any atom is -0.388 e. The quantitative estimate of drug-likeness (QED) is 0.850. The minimum atomic E-state index is -0.636. The van der Waals surface area contributed by atoms with Crippen molar-refractivity contribution >= 4 is 5.82 Å². The molecule has 1 aliphatic rings. The summed E-state index contributed by atoms with van der Waals surface area (Å²) < 4.78 is 12.7. The molecule has 1 saturated carbocycles. The lowest BCUT2D eigenvalue weighted by Gasteiger charge is -2.35. The van der Waals surface area contributed by atoms with Gasteiger partial charge in [0.1, 0.15) is 11.6 Å². The van der Waals surface area contributed by atoms with Crippen molar-refractivity contribution in [3.63, 3.8) is 0 Å². The standard InChI is InChI=1S/C13H19FN2O/c1-10-4-6-13(17,7-5-10)9-16-12-3-2-11(14)8-15-12/h2-3,8,10,17H,4-7,9H2,1H3,(H,15,16). The Hall–Kier alpha value is -1.16. The molecule has 0 aromatic carbocycles. The summed E-state index contributed by atoms with van der Waals surface area (Å²) >= 11 is 0. The fraction of sp³-hybridized carbons (Fsp3) is 0.615. The van der Waals surface area contributed by atoms with Crippen LogP contribution in [-0.2, 0) is 0 Å². The number of aliphatic hydroxyl groups is 1. The Morgan fingerprint density at radius 1 is 1.47 bits per heavy atom. The zero-order chi connectivity index (χ0) is 12.3. The summed E-state index contributed by atoms with van der Waals surface area (Å²) in [5, 5.41) is 13.4. The molecular formula is C13H19FN2O. The Morgan fingerprint density at radius 3 is 2.76 bits per heavy atom. The molecule has 2 N–H and O–H groups in total. The second kappa shape index (κ2) is 5.00. The Balaban J connectivity index is 1.87. The monoisotopic (exact) mass is 238 g/mol. The average Bonchev–Trinajstić information content (AvgIpc) is 2.33. The second-order valence-corrected chi connectivity index (χ2v) is 5.12. The lowest BCUT2D eigenvalue weighted by Crippen LogP contribution is -2.40. The van der Waals surface area contributed by atoms with Crippen LogP contribution in [0.1, 0.15) is 32.6 Å². The van der Waals surface area contributed by atoms with Gasteiger partial charge in [0.05, 0.1) is 11.8 Å². The van der Waals surface area contributed by atoms with Crippen LogP contribution in [0.4, 0.5) is 10.2 Å². The van der Waals surface area contributed by atoms with E-state index in [1.807, 2.05) is 0 Å². The van der Waals surface area contributed by atoms with Crippen LogP contribution in [0.5, 0.6) is 0 Å². The first-order valence-electron chi connectivity index (χ1n) is 6.15. The number of halogens is 1. The van der Waals surface area contributed by atoms with Crippen molar-refractivity contribution in [1.29, 1.82) is 0 Å². The summed E-state index contributed by atoms with van der Waals surface area (Å²) in [6.45, 7) is 2.70. The highest BCUT2D eigenvalue weighted by Crippen LogP contribution is 2.31. The molecule has 0 amide bonds. The normalized spacial score (nSPS) is 29.0. The molecule has 1 aromatic rings. The number of aromatic nitrogens is 1. The smallest absolute Gasteiger partial charge is 0.141 e. The van der Waals surface area contributed by atoms with Crippen LogP contribution in [0, 0.1) is 11.7 Å². The van der Waals surface area contributed by atoms with E-state index in [2.05, 4.69) is 17.2 Å². The van der Waals surface area contributed by atoms with Gasteiger partial charge in [-0.15, -0.1) is 0 Å². The highest BCUT2D eigenvalue weighted by molar-refractivity contribution is 5.34. The van der Waals surface area contributed by atoms with Gasteiger partial charge in [-0.3, -0.25) is 0 Å². The van der Waals surface area contributed by atoms with E-state index in [9.17, 15) is 9.50 Å². The first-order chi connectivity index (χ1) is 8.07. The largest absolute Gasteiger partial charge is 0.388 e. The molecule has 2 rings (SSSR count). The Morgan fingerprint density at radius 2 is 2.18 bits per heavy atom. The molecule has 0 radical (unpaired) electrons. The molecule has 0 saturated heterocycles. The maximum Gasteiger partial charge on any atom is 0.141 e. The molecule has 1 fully saturated rings. The van der Waals surface area contributed by atoms with Crippen molar-refractivity contribution < 1.29 is 9.50 Å². The van der Waals surface area contributed by atoms with Gasteiger partial charge in [-0.2, -0.15) is 0 Å². The van der Waals surface area contributed by atoms with Crippen LogP contribution < -0.4 is 5.32 Å². The molecule has 17 heavy (non-hydrogen) atoms. The van der Waals surface area contributed by atoms with Gasteiger partial charge in [0.2, 0.25) is 0 Å². The summed E-state index contributed by atoms with van der Waals surface area (Å²) in [7, 11) is 0. The van der Waals surface area contributed by atoms with E-state index >= 15 is 0 Å². The predicted molar refractivity (Wildman–Crippen MR) is 65.3 cm³/mol. The first kappa shape index (κ1) is 12.3. The third-order valence-electron chi connectivity index (χ3n) is 3.53. The SMILES string of the molecule is CC1CCC(O)(CNc2ccc(F)cn2)CC1. The summed E-state index contributed by atoms with van der Waals surface area (Å²) in [4.78, 5) is 3.91. The van der Waals surface area contributed by atoms with Gasteiger partial charge in [-0.05, 0) is 43.7 Å². The summed E-state index contributed by atoms with van der Waals surface area (Å²) in [6.07, 6.45) is 4.95. The zero-order valence-electron chi connectivity index (χ0n) is 10.1. The molecule has 4 heteroatoms. The molecule has 1 aliphatic carbocycles.